The topological polar surface area (TPSA) is 93.1 Å². The fraction of sp³-hybridized carbons (Fsp3) is 0.333. The first-order valence-electron chi connectivity index (χ1n) is 5.38. The van der Waals surface area contributed by atoms with Gasteiger partial charge in [-0.2, -0.15) is 0 Å². The second kappa shape index (κ2) is 6.61. The summed E-state index contributed by atoms with van der Waals surface area (Å²) in [7, 11) is 0. The Morgan fingerprint density at radius 3 is 2.50 bits per heavy atom. The van der Waals surface area contributed by atoms with E-state index in [0.717, 1.165) is 0 Å². The molecule has 0 saturated carbocycles. The second-order valence-electron chi connectivity index (χ2n) is 3.28. The molecule has 0 spiro atoms. The summed E-state index contributed by atoms with van der Waals surface area (Å²) >= 11 is 0. The molecule has 98 valence electrons. The number of carbonyl (C=O) groups excluding carboxylic acids is 1. The first kappa shape index (κ1) is 14.0. The van der Waals surface area contributed by atoms with Crippen LogP contribution in [0.5, 0.6) is 5.75 Å². The first-order valence-corrected chi connectivity index (χ1v) is 5.38. The minimum Gasteiger partial charge on any atom is -0.489 e. The highest BCUT2D eigenvalue weighted by Crippen LogP contribution is 2.25. The van der Waals surface area contributed by atoms with Gasteiger partial charge >= 0.3 is 11.9 Å². The van der Waals surface area contributed by atoms with Crippen molar-refractivity contribution < 1.29 is 29.3 Å². The molecular weight excluding hydrogens is 240 g/mol. The summed E-state index contributed by atoms with van der Waals surface area (Å²) in [5.41, 5.74) is -0.112. The van der Waals surface area contributed by atoms with Crippen molar-refractivity contribution in [2.45, 2.75) is 6.92 Å². The molecule has 0 heterocycles. The van der Waals surface area contributed by atoms with Crippen molar-refractivity contribution in [3.05, 3.63) is 29.3 Å². The van der Waals surface area contributed by atoms with E-state index >= 15 is 0 Å². The zero-order chi connectivity index (χ0) is 13.5. The molecule has 6 nitrogen and oxygen atoms in total. The number of aliphatic hydroxyl groups is 1. The van der Waals surface area contributed by atoms with E-state index in [0.29, 0.717) is 0 Å². The molecular formula is C12H14O6. The molecule has 0 fully saturated rings. The third-order valence-corrected chi connectivity index (χ3v) is 2.08. The molecule has 2 N–H and O–H groups in total. The Balaban J connectivity index is 3.18. The van der Waals surface area contributed by atoms with Gasteiger partial charge in [-0.05, 0) is 19.1 Å². The van der Waals surface area contributed by atoms with Gasteiger partial charge in [0.15, 0.2) is 0 Å². The molecule has 1 rings (SSSR count). The van der Waals surface area contributed by atoms with Gasteiger partial charge in [0.25, 0.3) is 0 Å². The van der Waals surface area contributed by atoms with Crippen LogP contribution in [0, 0.1) is 0 Å². The highest BCUT2D eigenvalue weighted by atomic mass is 16.5. The van der Waals surface area contributed by atoms with Crippen LogP contribution in [0.15, 0.2) is 18.2 Å². The Morgan fingerprint density at radius 1 is 1.28 bits per heavy atom. The Labute approximate surface area is 104 Å². The molecule has 0 bridgehead atoms. The number of rotatable bonds is 6. The number of carboxylic acid groups (broad SMARTS) is 1. The van der Waals surface area contributed by atoms with Crippen LogP contribution in [0.1, 0.15) is 27.6 Å². The molecule has 0 aliphatic carbocycles. The van der Waals surface area contributed by atoms with E-state index in [1.807, 2.05) is 0 Å². The van der Waals surface area contributed by atoms with E-state index in [-0.39, 0.29) is 36.7 Å². The predicted octanol–water partition coefficient (Wildman–Crippen LogP) is 0.933. The SMILES string of the molecule is CCOC(=O)c1cccc(C(=O)O)c1OCCO. The second-order valence-corrected chi connectivity index (χ2v) is 3.28. The van der Waals surface area contributed by atoms with Crippen LogP contribution in [0.4, 0.5) is 0 Å². The van der Waals surface area contributed by atoms with E-state index in [9.17, 15) is 9.59 Å². The maximum atomic E-state index is 11.6. The fourth-order valence-electron chi connectivity index (χ4n) is 1.38. The van der Waals surface area contributed by atoms with Gasteiger partial charge in [-0.25, -0.2) is 9.59 Å². The van der Waals surface area contributed by atoms with Crippen LogP contribution in [0.2, 0.25) is 0 Å². The molecule has 0 saturated heterocycles. The number of carbonyl (C=O) groups is 2. The summed E-state index contributed by atoms with van der Waals surface area (Å²) in [6.45, 7) is 1.44. The lowest BCUT2D eigenvalue weighted by Gasteiger charge is -2.12. The molecule has 6 heteroatoms. The van der Waals surface area contributed by atoms with Crippen molar-refractivity contribution in [1.29, 1.82) is 0 Å². The number of benzene rings is 1. The third-order valence-electron chi connectivity index (χ3n) is 2.08. The molecule has 1 aromatic carbocycles. The van der Waals surface area contributed by atoms with E-state index in [2.05, 4.69) is 0 Å². The highest BCUT2D eigenvalue weighted by molar-refractivity contribution is 5.99. The zero-order valence-electron chi connectivity index (χ0n) is 9.88. The maximum absolute atomic E-state index is 11.6. The molecule has 0 radical (unpaired) electrons. The molecule has 1 aromatic rings. The van der Waals surface area contributed by atoms with E-state index < -0.39 is 11.9 Å². The fourth-order valence-corrected chi connectivity index (χ4v) is 1.38. The van der Waals surface area contributed by atoms with Gasteiger partial charge < -0.3 is 19.7 Å². The molecule has 0 aliphatic rings. The average molecular weight is 254 g/mol. The lowest BCUT2D eigenvalue weighted by atomic mass is 10.1. The Morgan fingerprint density at radius 2 is 1.94 bits per heavy atom. The van der Waals surface area contributed by atoms with Crippen molar-refractivity contribution in [2.75, 3.05) is 19.8 Å². The first-order chi connectivity index (χ1) is 8.61. The lowest BCUT2D eigenvalue weighted by Crippen LogP contribution is -2.13. The van der Waals surface area contributed by atoms with Gasteiger partial charge in [-0.15, -0.1) is 0 Å². The molecule has 0 amide bonds. The largest absolute Gasteiger partial charge is 0.489 e. The normalized spacial score (nSPS) is 9.89. The third kappa shape index (κ3) is 3.21. The van der Waals surface area contributed by atoms with Crippen LogP contribution in [0.3, 0.4) is 0 Å². The van der Waals surface area contributed by atoms with E-state index in [4.69, 9.17) is 19.7 Å². The molecule has 0 aromatic heterocycles. The van der Waals surface area contributed by atoms with Crippen LogP contribution in [-0.4, -0.2) is 42.0 Å². The van der Waals surface area contributed by atoms with Crippen molar-refractivity contribution in [3.8, 4) is 5.75 Å². The molecule has 18 heavy (non-hydrogen) atoms. The summed E-state index contributed by atoms with van der Waals surface area (Å²) in [5, 5.41) is 17.7. The van der Waals surface area contributed by atoms with Crippen molar-refractivity contribution in [2.24, 2.45) is 0 Å². The quantitative estimate of drug-likeness (QED) is 0.733. The standard InChI is InChI=1S/C12H14O6/c1-2-17-12(16)9-5-3-4-8(11(14)15)10(9)18-7-6-13/h3-5,13H,2,6-7H2,1H3,(H,14,15). The van der Waals surface area contributed by atoms with Gasteiger partial charge in [-0.1, -0.05) is 6.07 Å². The number of esters is 1. The monoisotopic (exact) mass is 254 g/mol. The summed E-state index contributed by atoms with van der Waals surface area (Å²) in [6.07, 6.45) is 0. The van der Waals surface area contributed by atoms with Gasteiger partial charge in [0.05, 0.1) is 13.2 Å². The number of para-hydroxylation sites is 1. The van der Waals surface area contributed by atoms with Crippen molar-refractivity contribution in [3.63, 3.8) is 0 Å². The average Bonchev–Trinajstić information content (AvgIpc) is 2.36. The Hall–Kier alpha value is -2.08. The van der Waals surface area contributed by atoms with Gasteiger partial charge in [0.2, 0.25) is 0 Å². The van der Waals surface area contributed by atoms with Crippen LogP contribution in [0.25, 0.3) is 0 Å². The number of aliphatic hydroxyl groups excluding tert-OH is 1. The maximum Gasteiger partial charge on any atom is 0.341 e. The smallest absolute Gasteiger partial charge is 0.341 e. The van der Waals surface area contributed by atoms with Crippen molar-refractivity contribution in [1.82, 2.24) is 0 Å². The van der Waals surface area contributed by atoms with Gasteiger partial charge in [-0.3, -0.25) is 0 Å². The Kier molecular flexibility index (Phi) is 5.13. The molecule has 0 unspecified atom stereocenters. The number of ether oxygens (including phenoxy) is 2. The van der Waals surface area contributed by atoms with Crippen LogP contribution >= 0.6 is 0 Å². The molecule has 0 aliphatic heterocycles. The number of carboxylic acids is 1. The van der Waals surface area contributed by atoms with Crippen LogP contribution in [-0.2, 0) is 4.74 Å². The van der Waals surface area contributed by atoms with E-state index in [1.54, 1.807) is 6.92 Å². The minimum atomic E-state index is -1.21. The highest BCUT2D eigenvalue weighted by Gasteiger charge is 2.20. The van der Waals surface area contributed by atoms with Crippen LogP contribution < -0.4 is 4.74 Å². The van der Waals surface area contributed by atoms with Crippen molar-refractivity contribution >= 4 is 11.9 Å². The number of aromatic carboxylic acids is 1. The zero-order valence-corrected chi connectivity index (χ0v) is 9.88. The van der Waals surface area contributed by atoms with Gasteiger partial charge in [0.1, 0.15) is 23.5 Å². The molecule has 0 atom stereocenters. The summed E-state index contributed by atoms with van der Waals surface area (Å²) in [6, 6.07) is 4.16. The number of hydrogen-bond donors (Lipinski definition) is 2. The lowest BCUT2D eigenvalue weighted by molar-refractivity contribution is 0.0520. The number of hydrogen-bond acceptors (Lipinski definition) is 5. The Bertz CT molecular complexity index is 440. The predicted molar refractivity (Wildman–Crippen MR) is 61.9 cm³/mol. The summed E-state index contributed by atoms with van der Waals surface area (Å²) in [4.78, 5) is 22.7. The van der Waals surface area contributed by atoms with E-state index in [1.165, 1.54) is 18.2 Å². The van der Waals surface area contributed by atoms with Gasteiger partial charge in [0, 0.05) is 0 Å². The summed E-state index contributed by atoms with van der Waals surface area (Å²) < 4.78 is 9.92. The minimum absolute atomic E-state index is 0.0326. The summed E-state index contributed by atoms with van der Waals surface area (Å²) in [5.74, 6) is -1.96.